The van der Waals surface area contributed by atoms with Crippen molar-refractivity contribution in [2.24, 2.45) is 0 Å². The molecule has 1 aliphatic rings. The van der Waals surface area contributed by atoms with Crippen LogP contribution < -0.4 is 4.90 Å². The first-order chi connectivity index (χ1) is 31.0. The predicted molar refractivity (Wildman–Crippen MR) is 265 cm³/mol. The van der Waals surface area contributed by atoms with E-state index in [4.69, 9.17) is 4.42 Å². The molecule has 63 heavy (non-hydrogen) atoms. The van der Waals surface area contributed by atoms with Crippen molar-refractivity contribution in [2.75, 3.05) is 4.90 Å². The first-order valence-corrected chi connectivity index (χ1v) is 21.8. The summed E-state index contributed by atoms with van der Waals surface area (Å²) in [5.74, 6) is 0. The maximum absolute atomic E-state index is 6.28. The number of fused-ring (bicyclic) bond motifs is 7. The molecule has 0 atom stereocenters. The molecule has 298 valence electrons. The molecule has 0 saturated heterocycles. The van der Waals surface area contributed by atoms with E-state index in [0.29, 0.717) is 0 Å². The Morgan fingerprint density at radius 3 is 1.71 bits per heavy atom. The fourth-order valence-corrected chi connectivity index (χ4v) is 10.3. The highest BCUT2D eigenvalue weighted by atomic mass is 16.3. The average molecular weight is 806 g/mol. The van der Waals surface area contributed by atoms with Crippen molar-refractivity contribution in [3.05, 3.63) is 236 Å². The van der Waals surface area contributed by atoms with Crippen LogP contribution in [0.25, 0.3) is 88.3 Å². The van der Waals surface area contributed by atoms with E-state index in [-0.39, 0.29) is 5.41 Å². The lowest BCUT2D eigenvalue weighted by Crippen LogP contribution is -2.16. The van der Waals surface area contributed by atoms with Crippen LogP contribution in [0.3, 0.4) is 0 Å². The highest BCUT2D eigenvalue weighted by Crippen LogP contribution is 2.52. The third kappa shape index (κ3) is 6.09. The number of rotatable bonds is 7. The molecule has 0 bridgehead atoms. The summed E-state index contributed by atoms with van der Waals surface area (Å²) in [7, 11) is 0. The van der Waals surface area contributed by atoms with E-state index in [1.54, 1.807) is 0 Å². The monoisotopic (exact) mass is 805 g/mol. The molecule has 2 heteroatoms. The Labute approximate surface area is 368 Å². The highest BCUT2D eigenvalue weighted by Gasteiger charge is 2.37. The number of furan rings is 1. The topological polar surface area (TPSA) is 16.4 Å². The van der Waals surface area contributed by atoms with Crippen molar-refractivity contribution in [3.8, 4) is 55.6 Å². The molecule has 0 saturated carbocycles. The molecule has 1 aliphatic carbocycles. The Bertz CT molecular complexity index is 3530. The summed E-state index contributed by atoms with van der Waals surface area (Å²) in [4.78, 5) is 2.38. The Morgan fingerprint density at radius 2 is 0.889 bits per heavy atom. The highest BCUT2D eigenvalue weighted by molar-refractivity contribution is 6.12. The van der Waals surface area contributed by atoms with Crippen LogP contribution in [0.5, 0.6) is 0 Å². The number of hydrogen-bond acceptors (Lipinski definition) is 2. The number of benzene rings is 10. The van der Waals surface area contributed by atoms with Crippen molar-refractivity contribution in [2.45, 2.75) is 19.3 Å². The van der Waals surface area contributed by atoms with Gasteiger partial charge in [-0.05, 0) is 132 Å². The van der Waals surface area contributed by atoms with Gasteiger partial charge in [0.15, 0.2) is 0 Å². The number of para-hydroxylation sites is 1. The molecule has 0 fully saturated rings. The molecule has 2 nitrogen and oxygen atoms in total. The summed E-state index contributed by atoms with van der Waals surface area (Å²) in [5, 5.41) is 4.78. The second-order valence-corrected chi connectivity index (χ2v) is 17.3. The molecule has 0 unspecified atom stereocenters. The number of nitrogens with zero attached hydrogens (tertiary/aromatic N) is 1. The minimum Gasteiger partial charge on any atom is -0.456 e. The second kappa shape index (κ2) is 14.6. The van der Waals surface area contributed by atoms with Gasteiger partial charge in [-0.2, -0.15) is 0 Å². The number of hydrogen-bond donors (Lipinski definition) is 0. The Kier molecular flexibility index (Phi) is 8.55. The van der Waals surface area contributed by atoms with Gasteiger partial charge >= 0.3 is 0 Å². The first-order valence-electron chi connectivity index (χ1n) is 21.8. The van der Waals surface area contributed by atoms with Crippen LogP contribution in [0.1, 0.15) is 25.0 Å². The van der Waals surface area contributed by atoms with Crippen LogP contribution in [0.15, 0.2) is 229 Å². The van der Waals surface area contributed by atoms with Gasteiger partial charge < -0.3 is 9.32 Å². The molecular formula is C61H43NO. The van der Waals surface area contributed by atoms with E-state index in [1.165, 1.54) is 60.8 Å². The summed E-state index contributed by atoms with van der Waals surface area (Å²) in [5.41, 5.74) is 20.0. The summed E-state index contributed by atoms with van der Waals surface area (Å²) < 4.78 is 6.28. The zero-order valence-electron chi connectivity index (χ0n) is 35.2. The normalized spacial score (nSPS) is 12.7. The predicted octanol–water partition coefficient (Wildman–Crippen LogP) is 17.2. The molecule has 0 radical (unpaired) electrons. The minimum absolute atomic E-state index is 0.104. The summed E-state index contributed by atoms with van der Waals surface area (Å²) in [6.45, 7) is 4.72. The SMILES string of the molecule is CC1(C)c2ccccc2-c2cccc(-c3ccc(N(c4ccc(-c5cccc6oc7ccccc7c56)cc4)c4cccc(-c5cccc(-c6cccc7ccccc67)c5)c4)cc3)c21. The van der Waals surface area contributed by atoms with Crippen LogP contribution in [-0.2, 0) is 5.41 Å². The lowest BCUT2D eigenvalue weighted by atomic mass is 9.79. The van der Waals surface area contributed by atoms with Gasteiger partial charge in [-0.25, -0.2) is 0 Å². The number of anilines is 3. The van der Waals surface area contributed by atoms with E-state index in [2.05, 4.69) is 231 Å². The van der Waals surface area contributed by atoms with E-state index in [0.717, 1.165) is 55.7 Å². The van der Waals surface area contributed by atoms with Gasteiger partial charge in [0, 0.05) is 33.2 Å². The molecule has 12 rings (SSSR count). The second-order valence-electron chi connectivity index (χ2n) is 17.3. The molecule has 0 amide bonds. The zero-order chi connectivity index (χ0) is 42.1. The van der Waals surface area contributed by atoms with Crippen LogP contribution in [0.4, 0.5) is 17.1 Å². The van der Waals surface area contributed by atoms with Crippen molar-refractivity contribution in [1.29, 1.82) is 0 Å². The van der Waals surface area contributed by atoms with E-state index >= 15 is 0 Å². The van der Waals surface area contributed by atoms with E-state index in [1.807, 2.05) is 12.1 Å². The van der Waals surface area contributed by atoms with Crippen LogP contribution in [-0.4, -0.2) is 0 Å². The molecule has 1 aromatic heterocycles. The van der Waals surface area contributed by atoms with Crippen molar-refractivity contribution in [1.82, 2.24) is 0 Å². The van der Waals surface area contributed by atoms with Crippen LogP contribution in [0.2, 0.25) is 0 Å². The standard InChI is InChI=1S/C61H43NO/c1-61(2)56-27-7-5-21-53(56)54-26-12-25-52(60(54)61)42-32-36-47(37-33-42)62(46-34-30-41(31-35-46)51-24-13-29-58-59(51)55-22-6-8-28-57(55)63-58)48-19-10-17-44(39-48)43-16-9-18-45(38-43)50-23-11-15-40-14-3-4-20-49(40)50/h3-39H,1-2H3. The maximum atomic E-state index is 6.28. The fraction of sp³-hybridized carbons (Fsp3) is 0.0492. The largest absolute Gasteiger partial charge is 0.456 e. The van der Waals surface area contributed by atoms with Gasteiger partial charge in [0.1, 0.15) is 11.2 Å². The first kappa shape index (κ1) is 36.9. The third-order valence-corrected chi connectivity index (χ3v) is 13.3. The molecule has 10 aromatic carbocycles. The smallest absolute Gasteiger partial charge is 0.136 e. The van der Waals surface area contributed by atoms with Crippen LogP contribution in [0, 0.1) is 0 Å². The van der Waals surface area contributed by atoms with Crippen molar-refractivity contribution < 1.29 is 4.42 Å². The third-order valence-electron chi connectivity index (χ3n) is 13.3. The molecule has 0 N–H and O–H groups in total. The minimum atomic E-state index is -0.104. The van der Waals surface area contributed by atoms with Gasteiger partial charge in [0.05, 0.1) is 0 Å². The van der Waals surface area contributed by atoms with Gasteiger partial charge in [0.25, 0.3) is 0 Å². The quantitative estimate of drug-likeness (QED) is 0.160. The maximum Gasteiger partial charge on any atom is 0.136 e. The van der Waals surface area contributed by atoms with Gasteiger partial charge in [0.2, 0.25) is 0 Å². The zero-order valence-corrected chi connectivity index (χ0v) is 35.2. The average Bonchev–Trinajstić information content (AvgIpc) is 3.84. The Morgan fingerprint density at radius 1 is 0.349 bits per heavy atom. The van der Waals surface area contributed by atoms with E-state index < -0.39 is 0 Å². The Hall–Kier alpha value is -7.94. The molecule has 11 aromatic rings. The lowest BCUT2D eigenvalue weighted by molar-refractivity contribution is 0.662. The summed E-state index contributed by atoms with van der Waals surface area (Å²) in [6, 6.07) is 81.6. The van der Waals surface area contributed by atoms with E-state index in [9.17, 15) is 0 Å². The summed E-state index contributed by atoms with van der Waals surface area (Å²) >= 11 is 0. The fourth-order valence-electron chi connectivity index (χ4n) is 10.3. The molecule has 1 heterocycles. The van der Waals surface area contributed by atoms with Crippen molar-refractivity contribution in [3.63, 3.8) is 0 Å². The van der Waals surface area contributed by atoms with Crippen molar-refractivity contribution >= 4 is 49.8 Å². The van der Waals surface area contributed by atoms with Crippen LogP contribution >= 0.6 is 0 Å². The summed E-state index contributed by atoms with van der Waals surface area (Å²) in [6.07, 6.45) is 0. The Balaban J connectivity index is 0.965. The lowest BCUT2D eigenvalue weighted by Gasteiger charge is -2.27. The van der Waals surface area contributed by atoms with Gasteiger partial charge in [-0.1, -0.05) is 184 Å². The molecule has 0 aliphatic heterocycles. The van der Waals surface area contributed by atoms with Gasteiger partial charge in [-0.15, -0.1) is 0 Å². The van der Waals surface area contributed by atoms with Gasteiger partial charge in [-0.3, -0.25) is 0 Å². The molecular weight excluding hydrogens is 763 g/mol. The molecule has 0 spiro atoms.